The van der Waals surface area contributed by atoms with Crippen LogP contribution >= 0.6 is 0 Å². The second kappa shape index (κ2) is 20.8. The summed E-state index contributed by atoms with van der Waals surface area (Å²) in [5.74, 6) is 0. The van der Waals surface area contributed by atoms with Crippen LogP contribution in [-0.4, -0.2) is 0 Å². The minimum atomic E-state index is 1.32. The first kappa shape index (κ1) is 23.7. The zero-order chi connectivity index (χ0) is 17.7. The van der Waals surface area contributed by atoms with Crippen molar-refractivity contribution in [3.8, 4) is 0 Å². The highest BCUT2D eigenvalue weighted by Crippen LogP contribution is 2.14. The van der Waals surface area contributed by atoms with E-state index in [0.717, 1.165) is 0 Å². The Morgan fingerprint density at radius 3 is 1.33 bits per heavy atom. The van der Waals surface area contributed by atoms with E-state index in [2.05, 4.69) is 26.8 Å². The molecule has 0 bridgehead atoms. The van der Waals surface area contributed by atoms with Crippen LogP contribution in [0.2, 0.25) is 0 Å². The quantitative estimate of drug-likeness (QED) is 0.163. The number of hydrogen-bond acceptors (Lipinski definition) is 0. The van der Waals surface area contributed by atoms with Gasteiger partial charge in [0, 0.05) is 0 Å². The first-order valence-corrected chi connectivity index (χ1v) is 11.5. The van der Waals surface area contributed by atoms with Crippen LogP contribution in [0.1, 0.15) is 143 Å². The van der Waals surface area contributed by atoms with E-state index in [9.17, 15) is 0 Å². The molecule has 0 amide bonds. The van der Waals surface area contributed by atoms with Crippen molar-refractivity contribution in [1.82, 2.24) is 0 Å². The summed E-state index contributed by atoms with van der Waals surface area (Å²) in [5, 5.41) is 0. The maximum atomic E-state index is 2.51. The van der Waals surface area contributed by atoms with Crippen LogP contribution in [-0.2, 0) is 0 Å². The van der Waals surface area contributed by atoms with Crippen molar-refractivity contribution in [3.63, 3.8) is 0 Å². The van der Waals surface area contributed by atoms with Crippen molar-refractivity contribution >= 4 is 0 Å². The molecule has 24 heavy (non-hydrogen) atoms. The summed E-state index contributed by atoms with van der Waals surface area (Å²) in [6.45, 7) is 6.93. The Morgan fingerprint density at radius 1 is 0.500 bits per heavy atom. The lowest BCUT2D eigenvalue weighted by Gasteiger charge is -2.03. The molecule has 0 unspecified atom stereocenters. The molecule has 144 valence electrons. The van der Waals surface area contributed by atoms with Crippen molar-refractivity contribution in [2.24, 2.45) is 0 Å². The molecule has 0 aromatic heterocycles. The van der Waals surface area contributed by atoms with E-state index in [1.165, 1.54) is 122 Å². The molecule has 0 fully saturated rings. The predicted molar refractivity (Wildman–Crippen MR) is 113 cm³/mol. The SMILES string of the molecule is CCCCCCCCCCCCC/C=C(\C)CCCCCCCC. The maximum Gasteiger partial charge on any atom is -0.0323 e. The summed E-state index contributed by atoms with van der Waals surface area (Å²) in [7, 11) is 0. The van der Waals surface area contributed by atoms with Crippen LogP contribution in [0.5, 0.6) is 0 Å². The predicted octanol–water partition coefficient (Wildman–Crippen LogP) is 9.38. The number of unbranched alkanes of at least 4 members (excludes halogenated alkanes) is 16. The van der Waals surface area contributed by atoms with Gasteiger partial charge in [-0.2, -0.15) is 0 Å². The van der Waals surface area contributed by atoms with Gasteiger partial charge in [-0.3, -0.25) is 0 Å². The monoisotopic (exact) mass is 336 g/mol. The topological polar surface area (TPSA) is 0 Å². The molecule has 0 atom stereocenters. The molecule has 0 nitrogen and oxygen atoms in total. The lowest BCUT2D eigenvalue weighted by atomic mass is 10.0. The molecule has 0 heteroatoms. The Morgan fingerprint density at radius 2 is 0.875 bits per heavy atom. The lowest BCUT2D eigenvalue weighted by molar-refractivity contribution is 0.550. The van der Waals surface area contributed by atoms with E-state index < -0.39 is 0 Å². The number of rotatable bonds is 19. The fraction of sp³-hybridized carbons (Fsp3) is 0.917. The summed E-state index contributed by atoms with van der Waals surface area (Å²) in [6.07, 6.45) is 29.6. The van der Waals surface area contributed by atoms with Gasteiger partial charge in [0.05, 0.1) is 0 Å². The average Bonchev–Trinajstić information content (AvgIpc) is 2.59. The molecule has 0 aromatic rings. The Hall–Kier alpha value is -0.260. The van der Waals surface area contributed by atoms with E-state index in [1.807, 2.05) is 0 Å². The van der Waals surface area contributed by atoms with Crippen LogP contribution in [0, 0.1) is 0 Å². The molecule has 0 aliphatic heterocycles. The van der Waals surface area contributed by atoms with E-state index in [0.29, 0.717) is 0 Å². The molecule has 0 N–H and O–H groups in total. The van der Waals surface area contributed by atoms with Gasteiger partial charge in [0.1, 0.15) is 0 Å². The highest BCUT2D eigenvalue weighted by molar-refractivity contribution is 4.97. The molecule has 0 radical (unpaired) electrons. The van der Waals surface area contributed by atoms with Gasteiger partial charge >= 0.3 is 0 Å². The zero-order valence-electron chi connectivity index (χ0n) is 17.5. The summed E-state index contributed by atoms with van der Waals surface area (Å²) in [6, 6.07) is 0. The summed E-state index contributed by atoms with van der Waals surface area (Å²) in [5.41, 5.74) is 1.64. The van der Waals surface area contributed by atoms with Crippen LogP contribution in [0.3, 0.4) is 0 Å². The Labute approximate surface area is 154 Å². The minimum absolute atomic E-state index is 1.32. The fourth-order valence-electron chi connectivity index (χ4n) is 3.44. The molecule has 0 saturated heterocycles. The molecule has 0 heterocycles. The highest BCUT2D eigenvalue weighted by atomic mass is 14.0. The first-order chi connectivity index (χ1) is 11.8. The third kappa shape index (κ3) is 19.8. The summed E-state index contributed by atoms with van der Waals surface area (Å²) < 4.78 is 0. The normalized spacial score (nSPS) is 12.0. The largest absolute Gasteiger partial charge is 0.0856 e. The van der Waals surface area contributed by atoms with Crippen molar-refractivity contribution in [1.29, 1.82) is 0 Å². The van der Waals surface area contributed by atoms with Crippen molar-refractivity contribution in [2.45, 2.75) is 143 Å². The van der Waals surface area contributed by atoms with Crippen molar-refractivity contribution < 1.29 is 0 Å². The van der Waals surface area contributed by atoms with E-state index in [1.54, 1.807) is 5.57 Å². The molecule has 0 aliphatic rings. The molecule has 0 saturated carbocycles. The molecule has 0 spiro atoms. The molecular formula is C24H48. The van der Waals surface area contributed by atoms with Gasteiger partial charge in [0.15, 0.2) is 0 Å². The van der Waals surface area contributed by atoms with Gasteiger partial charge in [-0.05, 0) is 32.6 Å². The van der Waals surface area contributed by atoms with Crippen molar-refractivity contribution in [2.75, 3.05) is 0 Å². The zero-order valence-corrected chi connectivity index (χ0v) is 17.5. The van der Waals surface area contributed by atoms with Gasteiger partial charge in [-0.25, -0.2) is 0 Å². The highest BCUT2D eigenvalue weighted by Gasteiger charge is 1.95. The van der Waals surface area contributed by atoms with Crippen molar-refractivity contribution in [3.05, 3.63) is 11.6 Å². The smallest absolute Gasteiger partial charge is 0.0323 e. The molecular weight excluding hydrogens is 288 g/mol. The standard InChI is InChI=1S/C24H48/c1-4-6-8-10-12-13-14-15-16-17-19-21-23-24(3)22-20-18-11-9-7-5-2/h23H,4-22H2,1-3H3/b24-23+. The first-order valence-electron chi connectivity index (χ1n) is 11.5. The van der Waals surface area contributed by atoms with Gasteiger partial charge in [0.2, 0.25) is 0 Å². The molecule has 0 aromatic carbocycles. The van der Waals surface area contributed by atoms with Gasteiger partial charge in [-0.15, -0.1) is 0 Å². The maximum absolute atomic E-state index is 2.51. The third-order valence-electron chi connectivity index (χ3n) is 5.23. The van der Waals surface area contributed by atoms with E-state index in [4.69, 9.17) is 0 Å². The second-order valence-electron chi connectivity index (χ2n) is 7.89. The van der Waals surface area contributed by atoms with Crippen LogP contribution in [0.15, 0.2) is 11.6 Å². The van der Waals surface area contributed by atoms with Crippen LogP contribution < -0.4 is 0 Å². The van der Waals surface area contributed by atoms with E-state index in [-0.39, 0.29) is 0 Å². The Balaban J connectivity index is 3.21. The fourth-order valence-corrected chi connectivity index (χ4v) is 3.44. The number of allylic oxidation sites excluding steroid dienone is 2. The van der Waals surface area contributed by atoms with E-state index >= 15 is 0 Å². The summed E-state index contributed by atoms with van der Waals surface area (Å²) >= 11 is 0. The van der Waals surface area contributed by atoms with Gasteiger partial charge in [0.25, 0.3) is 0 Å². The second-order valence-corrected chi connectivity index (χ2v) is 7.89. The lowest BCUT2D eigenvalue weighted by Crippen LogP contribution is -1.83. The molecule has 0 aliphatic carbocycles. The van der Waals surface area contributed by atoms with Gasteiger partial charge in [-0.1, -0.05) is 122 Å². The average molecular weight is 337 g/mol. The minimum Gasteiger partial charge on any atom is -0.0856 e. The summed E-state index contributed by atoms with van der Waals surface area (Å²) in [4.78, 5) is 0. The van der Waals surface area contributed by atoms with Crippen LogP contribution in [0.25, 0.3) is 0 Å². The number of hydrogen-bond donors (Lipinski definition) is 0. The molecule has 0 rings (SSSR count). The third-order valence-corrected chi connectivity index (χ3v) is 5.23. The Kier molecular flexibility index (Phi) is 20.6. The van der Waals surface area contributed by atoms with Gasteiger partial charge < -0.3 is 0 Å². The Bertz CT molecular complexity index is 251. The van der Waals surface area contributed by atoms with Crippen LogP contribution in [0.4, 0.5) is 0 Å².